The summed E-state index contributed by atoms with van der Waals surface area (Å²) in [7, 11) is 0. The van der Waals surface area contributed by atoms with Crippen molar-refractivity contribution in [2.45, 2.75) is 31.3 Å². The average Bonchev–Trinajstić information content (AvgIpc) is 3.22. The summed E-state index contributed by atoms with van der Waals surface area (Å²) in [5.41, 5.74) is 3.68. The quantitative estimate of drug-likeness (QED) is 0.690. The van der Waals surface area contributed by atoms with Crippen molar-refractivity contribution in [1.82, 2.24) is 25.1 Å². The van der Waals surface area contributed by atoms with Gasteiger partial charge in [-0.05, 0) is 30.7 Å². The largest absolute Gasteiger partial charge is 0.472 e. The minimum atomic E-state index is -0.916. The van der Waals surface area contributed by atoms with E-state index in [2.05, 4.69) is 20.2 Å². The molecule has 31 heavy (non-hydrogen) atoms. The normalized spacial score (nSPS) is 22.9. The lowest BCUT2D eigenvalue weighted by atomic mass is 10.0. The average molecular weight is 422 g/mol. The zero-order valence-corrected chi connectivity index (χ0v) is 16.9. The van der Waals surface area contributed by atoms with Crippen LogP contribution in [0.15, 0.2) is 42.9 Å². The lowest BCUT2D eigenvalue weighted by Gasteiger charge is -2.39. The summed E-state index contributed by atoms with van der Waals surface area (Å²) < 4.78 is 27.3. The van der Waals surface area contributed by atoms with Crippen molar-refractivity contribution >= 4 is 5.69 Å². The Kier molecular flexibility index (Phi) is 4.57. The summed E-state index contributed by atoms with van der Waals surface area (Å²) in [6.07, 6.45) is 5.29. The van der Waals surface area contributed by atoms with Gasteiger partial charge in [0.2, 0.25) is 5.88 Å². The molecule has 3 aromatic rings. The Labute approximate surface area is 179 Å². The van der Waals surface area contributed by atoms with Crippen LogP contribution in [-0.4, -0.2) is 64.3 Å². The highest BCUT2D eigenvalue weighted by Gasteiger charge is 2.32. The molecule has 2 unspecified atom stereocenters. The van der Waals surface area contributed by atoms with Gasteiger partial charge in [0.1, 0.15) is 18.5 Å². The van der Waals surface area contributed by atoms with Gasteiger partial charge in [-0.1, -0.05) is 0 Å². The molecule has 0 bridgehead atoms. The van der Waals surface area contributed by atoms with Crippen LogP contribution in [-0.2, 0) is 11.3 Å². The van der Waals surface area contributed by atoms with Gasteiger partial charge in [0.25, 0.3) is 0 Å². The fraction of sp³-hybridized carbons (Fsp3) is 0.409. The Hall–Kier alpha value is -3.04. The maximum atomic E-state index is 14.7. The smallest absolute Gasteiger partial charge is 0.223 e. The molecule has 0 aliphatic carbocycles. The molecule has 0 radical (unpaired) electrons. The summed E-state index contributed by atoms with van der Waals surface area (Å²) >= 11 is 0. The second-order valence-corrected chi connectivity index (χ2v) is 8.23. The van der Waals surface area contributed by atoms with Crippen molar-refractivity contribution in [3.05, 3.63) is 48.4 Å². The van der Waals surface area contributed by atoms with Crippen LogP contribution in [0.1, 0.15) is 12.0 Å². The molecule has 3 aromatic heterocycles. The van der Waals surface area contributed by atoms with Crippen LogP contribution in [0, 0.1) is 0 Å². The number of anilines is 1. The molecule has 1 N–H and O–H groups in total. The van der Waals surface area contributed by atoms with Crippen LogP contribution < -0.4 is 15.0 Å². The number of aromatic nitrogens is 4. The van der Waals surface area contributed by atoms with Gasteiger partial charge in [-0.3, -0.25) is 0 Å². The number of nitrogens with one attached hydrogen (secondary N) is 1. The Balaban J connectivity index is 1.17. The molecule has 2 atom stereocenters. The lowest BCUT2D eigenvalue weighted by Crippen LogP contribution is -2.58. The number of hydrogen-bond acceptors (Lipinski definition) is 7. The van der Waals surface area contributed by atoms with Crippen molar-refractivity contribution < 1.29 is 13.9 Å². The van der Waals surface area contributed by atoms with Crippen LogP contribution in [0.5, 0.6) is 5.88 Å². The third-order valence-electron chi connectivity index (χ3n) is 6.14. The predicted octanol–water partition coefficient (Wildman–Crippen LogP) is 2.13. The minimum absolute atomic E-state index is 0.104. The van der Waals surface area contributed by atoms with E-state index in [1.54, 1.807) is 17.1 Å². The van der Waals surface area contributed by atoms with E-state index in [1.165, 1.54) is 0 Å². The van der Waals surface area contributed by atoms with Gasteiger partial charge in [0.05, 0.1) is 43.2 Å². The van der Waals surface area contributed by atoms with E-state index >= 15 is 0 Å². The number of piperidine rings is 1. The van der Waals surface area contributed by atoms with Crippen molar-refractivity contribution in [3.8, 4) is 23.0 Å². The molecular formula is C22H23FN6O2. The van der Waals surface area contributed by atoms with Gasteiger partial charge in [-0.2, -0.15) is 5.10 Å². The van der Waals surface area contributed by atoms with Crippen molar-refractivity contribution in [2.24, 2.45) is 0 Å². The van der Waals surface area contributed by atoms with Crippen LogP contribution >= 0.6 is 0 Å². The van der Waals surface area contributed by atoms with Gasteiger partial charge in [0.15, 0.2) is 5.82 Å². The minimum Gasteiger partial charge on any atom is -0.472 e. The summed E-state index contributed by atoms with van der Waals surface area (Å²) in [6.45, 7) is 2.96. The van der Waals surface area contributed by atoms with E-state index in [0.29, 0.717) is 44.1 Å². The van der Waals surface area contributed by atoms with E-state index in [0.717, 1.165) is 35.5 Å². The van der Waals surface area contributed by atoms with Crippen molar-refractivity contribution in [3.63, 3.8) is 0 Å². The van der Waals surface area contributed by atoms with Gasteiger partial charge < -0.3 is 19.7 Å². The van der Waals surface area contributed by atoms with Crippen molar-refractivity contribution in [1.29, 1.82) is 0 Å². The van der Waals surface area contributed by atoms with Crippen molar-refractivity contribution in [2.75, 3.05) is 31.2 Å². The molecule has 0 spiro atoms. The van der Waals surface area contributed by atoms with Gasteiger partial charge in [-0.25, -0.2) is 19.0 Å². The summed E-state index contributed by atoms with van der Waals surface area (Å²) in [4.78, 5) is 10.9. The number of halogens is 1. The molecule has 2 saturated heterocycles. The number of alkyl halides is 1. The Morgan fingerprint density at radius 3 is 2.87 bits per heavy atom. The highest BCUT2D eigenvalue weighted by atomic mass is 19.1. The first-order chi connectivity index (χ1) is 15.2. The summed E-state index contributed by atoms with van der Waals surface area (Å²) in [5, 5.41) is 8.08. The first-order valence-electron chi connectivity index (χ1n) is 10.6. The zero-order chi connectivity index (χ0) is 20.8. The fourth-order valence-corrected chi connectivity index (χ4v) is 4.35. The molecule has 6 rings (SSSR count). The molecule has 3 aliphatic heterocycles. The van der Waals surface area contributed by atoms with Crippen LogP contribution in [0.25, 0.3) is 17.1 Å². The molecule has 0 saturated carbocycles. The summed E-state index contributed by atoms with van der Waals surface area (Å²) in [5.74, 6) is 1.31. The Morgan fingerprint density at radius 2 is 2.10 bits per heavy atom. The first-order valence-corrected chi connectivity index (χ1v) is 10.6. The maximum absolute atomic E-state index is 14.7. The first kappa shape index (κ1) is 18.7. The third-order valence-corrected chi connectivity index (χ3v) is 6.14. The molecule has 9 heteroatoms. The lowest BCUT2D eigenvalue weighted by molar-refractivity contribution is -0.0159. The highest BCUT2D eigenvalue weighted by Crippen LogP contribution is 2.34. The Morgan fingerprint density at radius 1 is 1.16 bits per heavy atom. The van der Waals surface area contributed by atoms with E-state index < -0.39 is 6.17 Å². The summed E-state index contributed by atoms with van der Waals surface area (Å²) in [6, 6.07) is 7.92. The molecular weight excluding hydrogens is 399 g/mol. The molecule has 0 aromatic carbocycles. The topological polar surface area (TPSA) is 77.3 Å². The van der Waals surface area contributed by atoms with Crippen LogP contribution in [0.4, 0.5) is 10.1 Å². The number of fused-ring (bicyclic) bond motifs is 3. The SMILES string of the molecule is FC1CN(c2ccc(-n3cc4c(n3)-c3cccnc3OC4)nc2)CCC1NC1COC1. The number of hydrogen-bond donors (Lipinski definition) is 1. The number of rotatable bonds is 4. The second kappa shape index (κ2) is 7.58. The number of ether oxygens (including phenoxy) is 2. The van der Waals surface area contributed by atoms with E-state index in [-0.39, 0.29) is 6.04 Å². The third kappa shape index (κ3) is 3.43. The zero-order valence-electron chi connectivity index (χ0n) is 16.9. The molecule has 0 amide bonds. The maximum Gasteiger partial charge on any atom is 0.223 e. The van der Waals surface area contributed by atoms with E-state index in [1.807, 2.05) is 30.5 Å². The van der Waals surface area contributed by atoms with E-state index in [4.69, 9.17) is 14.6 Å². The Bertz CT molecular complexity index is 1080. The van der Waals surface area contributed by atoms with Gasteiger partial charge in [-0.15, -0.1) is 0 Å². The molecule has 2 fully saturated rings. The highest BCUT2D eigenvalue weighted by molar-refractivity contribution is 5.69. The molecule has 6 heterocycles. The second-order valence-electron chi connectivity index (χ2n) is 8.23. The monoisotopic (exact) mass is 422 g/mol. The standard InChI is InChI=1S/C22H23FN6O2/c23-18-10-28(7-5-19(18)26-15-12-30-13-15)16-3-4-20(25-8-16)29-9-14-11-31-22-17(21(14)27-29)2-1-6-24-22/h1-4,6,8-9,15,18-19,26H,5,7,10-13H2. The molecule has 160 valence electrons. The van der Waals surface area contributed by atoms with E-state index in [9.17, 15) is 4.39 Å². The number of nitrogens with zero attached hydrogens (tertiary/aromatic N) is 5. The molecule has 3 aliphatic rings. The van der Waals surface area contributed by atoms with Gasteiger partial charge >= 0.3 is 0 Å². The van der Waals surface area contributed by atoms with Crippen LogP contribution in [0.2, 0.25) is 0 Å². The predicted molar refractivity (Wildman–Crippen MR) is 112 cm³/mol. The number of pyridine rings is 2. The van der Waals surface area contributed by atoms with Gasteiger partial charge in [0, 0.05) is 30.5 Å². The molecule has 8 nitrogen and oxygen atoms in total. The fourth-order valence-electron chi connectivity index (χ4n) is 4.35. The van der Waals surface area contributed by atoms with Crippen LogP contribution in [0.3, 0.4) is 0 Å².